The van der Waals surface area contributed by atoms with E-state index in [1.165, 1.54) is 0 Å². The molecular formula is C19H26F4N2O11. The van der Waals surface area contributed by atoms with E-state index in [1.54, 1.807) is 6.07 Å². The molecule has 0 aromatic rings. The van der Waals surface area contributed by atoms with Crippen molar-refractivity contribution in [3.05, 3.63) is 11.4 Å². The topological polar surface area (TPSA) is 167 Å². The molecule has 0 aliphatic heterocycles. The third-order valence-corrected chi connectivity index (χ3v) is 3.30. The zero-order chi connectivity index (χ0) is 27.5. The summed E-state index contributed by atoms with van der Waals surface area (Å²) < 4.78 is 85.0. The quantitative estimate of drug-likeness (QED) is 0.0658. The van der Waals surface area contributed by atoms with Crippen molar-refractivity contribution in [2.75, 3.05) is 66.2 Å². The number of esters is 2. The van der Waals surface area contributed by atoms with Gasteiger partial charge in [0.15, 0.2) is 0 Å². The molecule has 0 aromatic heterocycles. The third kappa shape index (κ3) is 19.6. The fourth-order valence-electron chi connectivity index (χ4n) is 1.91. The van der Waals surface area contributed by atoms with Crippen LogP contribution >= 0.6 is 0 Å². The van der Waals surface area contributed by atoms with E-state index in [-0.39, 0.29) is 19.8 Å². The zero-order valence-corrected chi connectivity index (χ0v) is 18.9. The van der Waals surface area contributed by atoms with Crippen LogP contribution in [0.15, 0.2) is 0 Å². The van der Waals surface area contributed by atoms with Crippen LogP contribution in [0.25, 0.3) is 4.85 Å². The number of alkyl halides is 4. The molecule has 206 valence electrons. The molecule has 0 aliphatic carbocycles. The highest BCUT2D eigenvalue weighted by molar-refractivity contribution is 5.73. The van der Waals surface area contributed by atoms with E-state index in [4.69, 9.17) is 21.3 Å². The van der Waals surface area contributed by atoms with Gasteiger partial charge in [-0.15, -0.1) is 0 Å². The molecule has 2 unspecified atom stereocenters. The van der Waals surface area contributed by atoms with E-state index >= 15 is 0 Å². The summed E-state index contributed by atoms with van der Waals surface area (Å²) >= 11 is 0. The Labute approximate surface area is 203 Å². The van der Waals surface area contributed by atoms with Crippen LogP contribution in [0.4, 0.5) is 17.6 Å². The molecule has 17 heteroatoms. The molecule has 0 saturated carbocycles. The predicted octanol–water partition coefficient (Wildman–Crippen LogP) is -0.146. The maximum atomic E-state index is 13.5. The van der Waals surface area contributed by atoms with E-state index < -0.39 is 89.2 Å². The van der Waals surface area contributed by atoms with Crippen molar-refractivity contribution in [1.82, 2.24) is 0 Å². The second kappa shape index (κ2) is 18.6. The lowest BCUT2D eigenvalue weighted by atomic mass is 10.4. The molecule has 0 rings (SSSR count). The number of rotatable bonds is 21. The minimum Gasteiger partial charge on any atom is -0.462 e. The predicted molar refractivity (Wildman–Crippen MR) is 105 cm³/mol. The Morgan fingerprint density at radius 3 is 1.97 bits per heavy atom. The molecule has 0 saturated heterocycles. The number of aliphatic hydroxyl groups is 2. The molecule has 0 spiro atoms. The molecule has 0 aliphatic rings. The van der Waals surface area contributed by atoms with Gasteiger partial charge in [0.1, 0.15) is 51.8 Å². The van der Waals surface area contributed by atoms with Gasteiger partial charge in [0.2, 0.25) is 0 Å². The number of halogens is 4. The van der Waals surface area contributed by atoms with Crippen molar-refractivity contribution >= 4 is 11.9 Å². The number of hydrogen-bond donors (Lipinski definition) is 2. The van der Waals surface area contributed by atoms with Crippen LogP contribution in [0.5, 0.6) is 0 Å². The number of nitriles is 1. The summed E-state index contributed by atoms with van der Waals surface area (Å²) in [4.78, 5) is 24.6. The summed E-state index contributed by atoms with van der Waals surface area (Å²) in [5.74, 6) is -1.75. The van der Waals surface area contributed by atoms with Gasteiger partial charge < -0.3 is 43.5 Å². The first kappa shape index (κ1) is 33.4. The van der Waals surface area contributed by atoms with Gasteiger partial charge in [-0.1, -0.05) is 0 Å². The van der Waals surface area contributed by atoms with Crippen LogP contribution in [0.1, 0.15) is 6.42 Å². The Morgan fingerprint density at radius 1 is 0.861 bits per heavy atom. The maximum Gasteiger partial charge on any atom is 0.387 e. The summed E-state index contributed by atoms with van der Waals surface area (Å²) in [6, 6.07) is 1.57. The van der Waals surface area contributed by atoms with Gasteiger partial charge in [-0.3, -0.25) is 9.53 Å². The molecule has 0 radical (unpaired) electrons. The van der Waals surface area contributed by atoms with Crippen LogP contribution < -0.4 is 0 Å². The van der Waals surface area contributed by atoms with Crippen LogP contribution in [-0.4, -0.2) is 113 Å². The van der Waals surface area contributed by atoms with Gasteiger partial charge in [0, 0.05) is 0 Å². The minimum atomic E-state index is -4.45. The standard InChI is InChI=1S/C19H26F4N2O11/c1-25-6-17(29)35-10-15(27)8-32-11-18(20,21)36-19(22,23)12-33-13-31-5-4-30-7-14(26)9-34-16(28)2-3-24/h14-15,26-27H,2,4-13H2. The second-order valence-electron chi connectivity index (χ2n) is 6.67. The number of hydrogen-bond acceptors (Lipinski definition) is 12. The van der Waals surface area contributed by atoms with Gasteiger partial charge >= 0.3 is 30.7 Å². The fourth-order valence-corrected chi connectivity index (χ4v) is 1.91. The lowest BCUT2D eigenvalue weighted by Gasteiger charge is -2.23. The van der Waals surface area contributed by atoms with Crippen LogP contribution in [0, 0.1) is 17.9 Å². The smallest absolute Gasteiger partial charge is 0.387 e. The van der Waals surface area contributed by atoms with Gasteiger partial charge in [0.25, 0.3) is 0 Å². The summed E-state index contributed by atoms with van der Waals surface area (Å²) in [7, 11) is 0. The van der Waals surface area contributed by atoms with E-state index in [2.05, 4.69) is 28.5 Å². The van der Waals surface area contributed by atoms with Gasteiger partial charge in [-0.2, -0.15) is 22.8 Å². The Bertz CT molecular complexity index is 731. The normalized spacial score (nSPS) is 13.3. The average molecular weight is 534 g/mol. The molecule has 0 heterocycles. The SMILES string of the molecule is [C-]#[N+]CC(=O)OCC(O)COCC(F)(F)OC(F)(F)COCOCCOCC(O)COC(=O)CC#N. The molecule has 0 amide bonds. The molecule has 0 aromatic carbocycles. The highest BCUT2D eigenvalue weighted by atomic mass is 19.3. The first-order chi connectivity index (χ1) is 16.9. The molecule has 13 nitrogen and oxygen atoms in total. The van der Waals surface area contributed by atoms with Gasteiger partial charge in [-0.25, -0.2) is 11.4 Å². The van der Waals surface area contributed by atoms with Gasteiger partial charge in [-0.05, 0) is 0 Å². The lowest BCUT2D eigenvalue weighted by molar-refractivity contribution is -0.396. The van der Waals surface area contributed by atoms with Crippen molar-refractivity contribution in [2.24, 2.45) is 0 Å². The van der Waals surface area contributed by atoms with Crippen LogP contribution in [-0.2, 0) is 42.7 Å². The molecule has 2 N–H and O–H groups in total. The maximum absolute atomic E-state index is 13.5. The minimum absolute atomic E-state index is 0.112. The average Bonchev–Trinajstić information content (AvgIpc) is 2.77. The van der Waals surface area contributed by atoms with E-state index in [0.29, 0.717) is 0 Å². The molecular weight excluding hydrogens is 508 g/mol. The third-order valence-electron chi connectivity index (χ3n) is 3.30. The van der Waals surface area contributed by atoms with Crippen molar-refractivity contribution in [3.8, 4) is 6.07 Å². The highest BCUT2D eigenvalue weighted by Crippen LogP contribution is 2.27. The summed E-state index contributed by atoms with van der Waals surface area (Å²) in [6.45, 7) is -0.478. The number of nitrogens with zero attached hydrogens (tertiary/aromatic N) is 2. The Balaban J connectivity index is 3.91. The van der Waals surface area contributed by atoms with E-state index in [1.807, 2.05) is 0 Å². The van der Waals surface area contributed by atoms with Crippen LogP contribution in [0.3, 0.4) is 0 Å². The molecule has 36 heavy (non-hydrogen) atoms. The largest absolute Gasteiger partial charge is 0.462 e. The summed E-state index contributed by atoms with van der Waals surface area (Å²) in [5, 5.41) is 27.2. The number of carbonyl (C=O) groups excluding carboxylic acids is 2. The number of aliphatic hydroxyl groups excluding tert-OH is 2. The fraction of sp³-hybridized carbons (Fsp3) is 0.789. The first-order valence-electron chi connectivity index (χ1n) is 10.0. The van der Waals surface area contributed by atoms with Crippen molar-refractivity contribution < 1.29 is 70.5 Å². The zero-order valence-electron chi connectivity index (χ0n) is 18.9. The number of carbonyl (C=O) groups is 2. The van der Waals surface area contributed by atoms with E-state index in [9.17, 15) is 37.4 Å². The monoisotopic (exact) mass is 534 g/mol. The Morgan fingerprint density at radius 2 is 1.39 bits per heavy atom. The molecule has 0 bridgehead atoms. The van der Waals surface area contributed by atoms with Crippen molar-refractivity contribution in [1.29, 1.82) is 5.26 Å². The second-order valence-corrected chi connectivity index (χ2v) is 6.67. The summed E-state index contributed by atoms with van der Waals surface area (Å²) in [5.41, 5.74) is 0. The van der Waals surface area contributed by atoms with Crippen LogP contribution in [0.2, 0.25) is 0 Å². The van der Waals surface area contributed by atoms with Crippen molar-refractivity contribution in [3.63, 3.8) is 0 Å². The van der Waals surface area contributed by atoms with Gasteiger partial charge in [0.05, 0.1) is 32.5 Å². The molecule has 2 atom stereocenters. The first-order valence-corrected chi connectivity index (χ1v) is 10.0. The number of ether oxygens (including phenoxy) is 7. The molecule has 0 fully saturated rings. The Kier molecular flexibility index (Phi) is 17.2. The van der Waals surface area contributed by atoms with Crippen molar-refractivity contribution in [2.45, 2.75) is 30.8 Å². The summed E-state index contributed by atoms with van der Waals surface area (Å²) in [6.07, 6.45) is -12.0. The highest BCUT2D eigenvalue weighted by Gasteiger charge is 2.44. The lowest BCUT2D eigenvalue weighted by Crippen LogP contribution is -2.40. The van der Waals surface area contributed by atoms with E-state index in [0.717, 1.165) is 0 Å². The Hall–Kier alpha value is -2.64.